The third-order valence-electron chi connectivity index (χ3n) is 10.3. The smallest absolute Gasteiger partial charge is 0.319 e. The number of urea groups is 1. The lowest BCUT2D eigenvalue weighted by Crippen LogP contribution is -2.64. The first-order chi connectivity index (χ1) is 15.8. The lowest BCUT2D eigenvalue weighted by atomic mass is 9.51. The number of ketones is 1. The van der Waals surface area contributed by atoms with Gasteiger partial charge in [-0.25, -0.2) is 4.79 Å². The van der Waals surface area contributed by atoms with Crippen LogP contribution in [0.5, 0.6) is 0 Å². The number of rotatable bonds is 4. The van der Waals surface area contributed by atoms with E-state index in [1.54, 1.807) is 0 Å². The van der Waals surface area contributed by atoms with Crippen molar-refractivity contribution in [2.75, 3.05) is 25.0 Å². The number of nitrogens with one attached hydrogen (secondary N) is 2. The standard InChI is InChI=1S/C28H41N3O2/c1-4-19-7-5-6-8-25(19)30-26(33)29-17-20-9-10-23-22-13-16-31-18-21(32)11-15-28(31,3)24(22)12-14-27(20,23)2/h5-8,20,22-24H,4,9-18H2,1-3H3,(H2,29,30,33)/t20?,22-,23-,24+,27+,28+/m0/s1. The Balaban J connectivity index is 1.23. The number of anilines is 1. The number of para-hydroxylation sites is 1. The number of amides is 2. The summed E-state index contributed by atoms with van der Waals surface area (Å²) in [7, 11) is 0. The third kappa shape index (κ3) is 3.90. The Morgan fingerprint density at radius 1 is 1.09 bits per heavy atom. The van der Waals surface area contributed by atoms with Gasteiger partial charge in [-0.1, -0.05) is 32.0 Å². The molecule has 2 saturated heterocycles. The second-order valence-corrected chi connectivity index (χ2v) is 11.6. The molecule has 4 fully saturated rings. The van der Waals surface area contributed by atoms with E-state index in [2.05, 4.69) is 42.4 Å². The zero-order valence-electron chi connectivity index (χ0n) is 20.7. The van der Waals surface area contributed by atoms with Crippen molar-refractivity contribution in [1.29, 1.82) is 0 Å². The Labute approximate surface area is 199 Å². The molecule has 2 heterocycles. The first kappa shape index (κ1) is 22.9. The van der Waals surface area contributed by atoms with Crippen LogP contribution in [-0.4, -0.2) is 41.9 Å². The molecule has 0 spiro atoms. The molecule has 2 aliphatic heterocycles. The lowest BCUT2D eigenvalue weighted by Gasteiger charge is -2.61. The van der Waals surface area contributed by atoms with Gasteiger partial charge in [-0.05, 0) is 99.1 Å². The molecule has 1 unspecified atom stereocenters. The van der Waals surface area contributed by atoms with Gasteiger partial charge in [0.15, 0.2) is 0 Å². The molecule has 2 N–H and O–H groups in total. The van der Waals surface area contributed by atoms with E-state index in [1.807, 2.05) is 18.2 Å². The number of hydrogen-bond donors (Lipinski definition) is 2. The topological polar surface area (TPSA) is 61.4 Å². The lowest BCUT2D eigenvalue weighted by molar-refractivity contribution is -0.142. The molecule has 180 valence electrons. The van der Waals surface area contributed by atoms with Gasteiger partial charge >= 0.3 is 6.03 Å². The average molecular weight is 452 g/mol. The summed E-state index contributed by atoms with van der Waals surface area (Å²) in [5.74, 6) is 3.22. The molecule has 1 aromatic rings. The molecule has 0 bridgehead atoms. The fourth-order valence-electron chi connectivity index (χ4n) is 8.32. The summed E-state index contributed by atoms with van der Waals surface area (Å²) < 4.78 is 0. The molecule has 5 rings (SSSR count). The van der Waals surface area contributed by atoms with Gasteiger partial charge in [0.25, 0.3) is 0 Å². The molecule has 0 radical (unpaired) electrons. The quantitative estimate of drug-likeness (QED) is 0.657. The molecule has 5 nitrogen and oxygen atoms in total. The maximum Gasteiger partial charge on any atom is 0.319 e. The summed E-state index contributed by atoms with van der Waals surface area (Å²) in [5.41, 5.74) is 2.61. The number of carbonyl (C=O) groups is 2. The predicted octanol–water partition coefficient (Wildman–Crippen LogP) is 5.26. The number of fused-ring (bicyclic) bond motifs is 5. The van der Waals surface area contributed by atoms with E-state index in [4.69, 9.17) is 0 Å². The number of piperidine rings is 2. The highest BCUT2D eigenvalue weighted by molar-refractivity contribution is 5.90. The Morgan fingerprint density at radius 2 is 1.91 bits per heavy atom. The summed E-state index contributed by atoms with van der Waals surface area (Å²) in [6.07, 6.45) is 8.98. The van der Waals surface area contributed by atoms with E-state index in [1.165, 1.54) is 37.7 Å². The molecule has 6 atom stereocenters. The fourth-order valence-corrected chi connectivity index (χ4v) is 8.32. The maximum atomic E-state index is 12.7. The van der Waals surface area contributed by atoms with Crippen LogP contribution in [0.15, 0.2) is 24.3 Å². The molecular formula is C28H41N3O2. The van der Waals surface area contributed by atoms with Crippen LogP contribution in [0, 0.1) is 29.1 Å². The van der Waals surface area contributed by atoms with Crippen molar-refractivity contribution in [3.63, 3.8) is 0 Å². The Kier molecular flexibility index (Phi) is 6.05. The normalized spacial score (nSPS) is 38.2. The number of nitrogens with zero attached hydrogens (tertiary/aromatic N) is 1. The highest BCUT2D eigenvalue weighted by atomic mass is 16.2. The molecule has 2 saturated carbocycles. The second-order valence-electron chi connectivity index (χ2n) is 11.6. The van der Waals surface area contributed by atoms with Gasteiger partial charge in [-0.2, -0.15) is 0 Å². The van der Waals surface area contributed by atoms with Gasteiger partial charge in [0.05, 0.1) is 6.54 Å². The van der Waals surface area contributed by atoms with Crippen LogP contribution in [0.2, 0.25) is 0 Å². The molecule has 2 amide bonds. The van der Waals surface area contributed by atoms with Crippen LogP contribution in [0.3, 0.4) is 0 Å². The SMILES string of the molecule is CCc1ccccc1NC(=O)NCC1CC[C@H]2[C@@H]3CCN4CC(=O)CC[C@]4(C)[C@@H]3CC[C@]12C. The second kappa shape index (κ2) is 8.72. The van der Waals surface area contributed by atoms with Gasteiger partial charge in [0.1, 0.15) is 5.78 Å². The number of benzene rings is 1. The Bertz CT molecular complexity index is 916. The van der Waals surface area contributed by atoms with E-state index in [9.17, 15) is 9.59 Å². The van der Waals surface area contributed by atoms with Crippen molar-refractivity contribution >= 4 is 17.5 Å². The Morgan fingerprint density at radius 3 is 2.73 bits per heavy atom. The minimum atomic E-state index is -0.0793. The molecule has 2 aliphatic carbocycles. The molecule has 1 aromatic carbocycles. The fraction of sp³-hybridized carbons (Fsp3) is 0.714. The monoisotopic (exact) mass is 451 g/mol. The molecule has 0 aromatic heterocycles. The minimum Gasteiger partial charge on any atom is -0.338 e. The van der Waals surface area contributed by atoms with E-state index >= 15 is 0 Å². The first-order valence-electron chi connectivity index (χ1n) is 13.2. The van der Waals surface area contributed by atoms with Gasteiger partial charge in [-0.15, -0.1) is 0 Å². The first-order valence-corrected chi connectivity index (χ1v) is 13.2. The van der Waals surface area contributed by atoms with E-state index in [0.717, 1.165) is 55.8 Å². The van der Waals surface area contributed by atoms with Crippen LogP contribution < -0.4 is 10.6 Å². The largest absolute Gasteiger partial charge is 0.338 e. The zero-order valence-corrected chi connectivity index (χ0v) is 20.7. The molecule has 4 aliphatic rings. The number of carbonyl (C=O) groups excluding carboxylic acids is 2. The van der Waals surface area contributed by atoms with Crippen molar-refractivity contribution in [2.45, 2.75) is 77.7 Å². The van der Waals surface area contributed by atoms with Crippen LogP contribution in [0.4, 0.5) is 10.5 Å². The third-order valence-corrected chi connectivity index (χ3v) is 10.3. The van der Waals surface area contributed by atoms with Crippen molar-refractivity contribution in [2.24, 2.45) is 29.1 Å². The average Bonchev–Trinajstić information content (AvgIpc) is 3.15. The zero-order chi connectivity index (χ0) is 23.2. The van der Waals surface area contributed by atoms with Gasteiger partial charge in [-0.3, -0.25) is 9.69 Å². The molecule has 33 heavy (non-hydrogen) atoms. The van der Waals surface area contributed by atoms with Crippen molar-refractivity contribution in [3.8, 4) is 0 Å². The maximum absolute atomic E-state index is 12.7. The van der Waals surface area contributed by atoms with Gasteiger partial charge in [0.2, 0.25) is 0 Å². The Hall–Kier alpha value is -1.88. The minimum absolute atomic E-state index is 0.0793. The van der Waals surface area contributed by atoms with Gasteiger partial charge in [0, 0.05) is 24.2 Å². The number of aryl methyl sites for hydroxylation is 1. The van der Waals surface area contributed by atoms with Crippen molar-refractivity contribution < 1.29 is 9.59 Å². The summed E-state index contributed by atoms with van der Waals surface area (Å²) >= 11 is 0. The van der Waals surface area contributed by atoms with Crippen LogP contribution in [0.25, 0.3) is 0 Å². The number of Topliss-reactive ketones (excluding diaryl/α,β-unsaturated/α-hetero) is 1. The predicted molar refractivity (Wildman–Crippen MR) is 132 cm³/mol. The summed E-state index contributed by atoms with van der Waals surface area (Å²) in [5, 5.41) is 6.29. The molecular weight excluding hydrogens is 410 g/mol. The van der Waals surface area contributed by atoms with Crippen LogP contribution >= 0.6 is 0 Å². The highest BCUT2D eigenvalue weighted by Crippen LogP contribution is 2.63. The van der Waals surface area contributed by atoms with Crippen molar-refractivity contribution in [1.82, 2.24) is 10.2 Å². The van der Waals surface area contributed by atoms with Crippen LogP contribution in [-0.2, 0) is 11.2 Å². The highest BCUT2D eigenvalue weighted by Gasteiger charge is 2.59. The summed E-state index contributed by atoms with van der Waals surface area (Å²) in [6, 6.07) is 7.98. The van der Waals surface area contributed by atoms with E-state index < -0.39 is 0 Å². The molecule has 5 heteroatoms. The van der Waals surface area contributed by atoms with E-state index in [-0.39, 0.29) is 11.6 Å². The van der Waals surface area contributed by atoms with Crippen LogP contribution in [0.1, 0.15) is 71.3 Å². The van der Waals surface area contributed by atoms with E-state index in [0.29, 0.717) is 23.7 Å². The summed E-state index contributed by atoms with van der Waals surface area (Å²) in [6.45, 7) is 9.59. The van der Waals surface area contributed by atoms with Gasteiger partial charge < -0.3 is 10.6 Å². The summed E-state index contributed by atoms with van der Waals surface area (Å²) in [4.78, 5) is 27.3. The van der Waals surface area contributed by atoms with Crippen molar-refractivity contribution in [3.05, 3.63) is 29.8 Å². The number of hydrogen-bond acceptors (Lipinski definition) is 3.